The Hall–Kier alpha value is -3.71. The fourth-order valence-corrected chi connectivity index (χ4v) is 3.95. The zero-order chi connectivity index (χ0) is 23.0. The largest absolute Gasteiger partial charge is 0.372 e. The van der Waals surface area contributed by atoms with E-state index in [2.05, 4.69) is 10.2 Å². The molecule has 1 heterocycles. The van der Waals surface area contributed by atoms with Crippen LogP contribution in [0, 0.1) is 10.1 Å². The summed E-state index contributed by atoms with van der Waals surface area (Å²) >= 11 is 0. The second-order valence-corrected chi connectivity index (χ2v) is 8.13. The van der Waals surface area contributed by atoms with Crippen LogP contribution >= 0.6 is 0 Å². The zero-order valence-corrected chi connectivity index (χ0v) is 18.4. The SMILES string of the molecule is O=C(NCc1ccc(COCc2ccccc2)cc1)c1cc([N+](=O)[O-])ccc1N1CCCC1. The third-order valence-electron chi connectivity index (χ3n) is 5.74. The van der Waals surface area contributed by atoms with E-state index in [4.69, 9.17) is 4.74 Å². The van der Waals surface area contributed by atoms with Gasteiger partial charge in [0.2, 0.25) is 0 Å². The second kappa shape index (κ2) is 10.7. The van der Waals surface area contributed by atoms with E-state index < -0.39 is 4.92 Å². The molecule has 3 aromatic rings. The maximum absolute atomic E-state index is 12.9. The van der Waals surface area contributed by atoms with Gasteiger partial charge < -0.3 is 15.0 Å². The highest BCUT2D eigenvalue weighted by Gasteiger charge is 2.22. The maximum atomic E-state index is 12.9. The predicted molar refractivity (Wildman–Crippen MR) is 127 cm³/mol. The Bertz CT molecular complexity index is 1090. The van der Waals surface area contributed by atoms with Crippen molar-refractivity contribution in [3.05, 3.63) is 105 Å². The van der Waals surface area contributed by atoms with E-state index >= 15 is 0 Å². The van der Waals surface area contributed by atoms with Crippen LogP contribution < -0.4 is 10.2 Å². The van der Waals surface area contributed by atoms with Crippen LogP contribution in [0.25, 0.3) is 0 Å². The molecule has 7 heteroatoms. The number of carbonyl (C=O) groups is 1. The molecule has 0 saturated carbocycles. The molecule has 33 heavy (non-hydrogen) atoms. The number of amides is 1. The molecule has 1 fully saturated rings. The van der Waals surface area contributed by atoms with Crippen LogP contribution in [0.4, 0.5) is 11.4 Å². The molecule has 0 spiro atoms. The van der Waals surface area contributed by atoms with Gasteiger partial charge in [-0.05, 0) is 35.6 Å². The van der Waals surface area contributed by atoms with Gasteiger partial charge in [0, 0.05) is 31.8 Å². The summed E-state index contributed by atoms with van der Waals surface area (Å²) in [5.41, 5.74) is 4.15. The lowest BCUT2D eigenvalue weighted by Crippen LogP contribution is -2.27. The van der Waals surface area contributed by atoms with Gasteiger partial charge in [0.1, 0.15) is 0 Å². The van der Waals surface area contributed by atoms with Crippen molar-refractivity contribution in [2.24, 2.45) is 0 Å². The molecular formula is C26H27N3O4. The molecule has 3 aromatic carbocycles. The monoisotopic (exact) mass is 445 g/mol. The molecule has 0 aliphatic carbocycles. The molecule has 1 aliphatic heterocycles. The quantitative estimate of drug-likeness (QED) is 0.376. The van der Waals surface area contributed by atoms with Gasteiger partial charge in [0.15, 0.2) is 0 Å². The third-order valence-corrected chi connectivity index (χ3v) is 5.74. The predicted octanol–water partition coefficient (Wildman–Crippen LogP) is 4.84. The summed E-state index contributed by atoms with van der Waals surface area (Å²) in [6.45, 7) is 3.11. The van der Waals surface area contributed by atoms with E-state index in [0.29, 0.717) is 25.3 Å². The first-order valence-corrected chi connectivity index (χ1v) is 11.1. The number of non-ortho nitro benzene ring substituents is 1. The Morgan fingerprint density at radius 2 is 1.55 bits per heavy atom. The number of anilines is 1. The Balaban J connectivity index is 1.35. The first kappa shape index (κ1) is 22.5. The van der Waals surface area contributed by atoms with Crippen molar-refractivity contribution in [3.63, 3.8) is 0 Å². The number of hydrogen-bond donors (Lipinski definition) is 1. The van der Waals surface area contributed by atoms with Gasteiger partial charge >= 0.3 is 0 Å². The molecule has 7 nitrogen and oxygen atoms in total. The lowest BCUT2D eigenvalue weighted by molar-refractivity contribution is -0.384. The summed E-state index contributed by atoms with van der Waals surface area (Å²) in [6.07, 6.45) is 2.11. The number of hydrogen-bond acceptors (Lipinski definition) is 5. The first-order valence-electron chi connectivity index (χ1n) is 11.1. The fraction of sp³-hybridized carbons (Fsp3) is 0.269. The Morgan fingerprint density at radius 1 is 0.909 bits per heavy atom. The van der Waals surface area contributed by atoms with E-state index in [0.717, 1.165) is 48.3 Å². The van der Waals surface area contributed by atoms with E-state index in [1.807, 2.05) is 54.6 Å². The molecule has 1 saturated heterocycles. The lowest BCUT2D eigenvalue weighted by atomic mass is 10.1. The van der Waals surface area contributed by atoms with Crippen LogP contribution in [0.3, 0.4) is 0 Å². The van der Waals surface area contributed by atoms with E-state index in [1.165, 1.54) is 12.1 Å². The van der Waals surface area contributed by atoms with Crippen molar-refractivity contribution in [3.8, 4) is 0 Å². The lowest BCUT2D eigenvalue weighted by Gasteiger charge is -2.21. The summed E-state index contributed by atoms with van der Waals surface area (Å²) in [5, 5.41) is 14.1. The minimum atomic E-state index is -0.469. The summed E-state index contributed by atoms with van der Waals surface area (Å²) in [7, 11) is 0. The van der Waals surface area contributed by atoms with Crippen LogP contribution in [-0.4, -0.2) is 23.9 Å². The molecule has 4 rings (SSSR count). The minimum Gasteiger partial charge on any atom is -0.372 e. The Labute approximate surface area is 193 Å². The van der Waals surface area contributed by atoms with E-state index in [1.54, 1.807) is 6.07 Å². The smallest absolute Gasteiger partial charge is 0.270 e. The maximum Gasteiger partial charge on any atom is 0.270 e. The molecule has 170 valence electrons. The highest BCUT2D eigenvalue weighted by molar-refractivity contribution is 6.00. The van der Waals surface area contributed by atoms with Gasteiger partial charge in [-0.15, -0.1) is 0 Å². The molecule has 0 atom stereocenters. The fourth-order valence-electron chi connectivity index (χ4n) is 3.95. The first-order chi connectivity index (χ1) is 16.1. The molecule has 0 bridgehead atoms. The molecule has 0 unspecified atom stereocenters. The number of nitrogens with zero attached hydrogens (tertiary/aromatic N) is 2. The number of nitrogens with one attached hydrogen (secondary N) is 1. The van der Waals surface area contributed by atoms with Gasteiger partial charge in [-0.1, -0.05) is 54.6 Å². The minimum absolute atomic E-state index is 0.0806. The number of carbonyl (C=O) groups excluding carboxylic acids is 1. The van der Waals surface area contributed by atoms with Gasteiger partial charge in [-0.3, -0.25) is 14.9 Å². The highest BCUT2D eigenvalue weighted by Crippen LogP contribution is 2.28. The molecule has 0 aromatic heterocycles. The zero-order valence-electron chi connectivity index (χ0n) is 18.4. The summed E-state index contributed by atoms with van der Waals surface area (Å²) in [4.78, 5) is 25.8. The average Bonchev–Trinajstić information content (AvgIpc) is 3.38. The molecule has 1 N–H and O–H groups in total. The van der Waals surface area contributed by atoms with E-state index in [-0.39, 0.29) is 11.6 Å². The van der Waals surface area contributed by atoms with Crippen molar-refractivity contribution in [2.75, 3.05) is 18.0 Å². The van der Waals surface area contributed by atoms with Gasteiger partial charge in [0.05, 0.1) is 29.4 Å². The van der Waals surface area contributed by atoms with Crippen molar-refractivity contribution in [1.82, 2.24) is 5.32 Å². The summed E-state index contributed by atoms with van der Waals surface area (Å²) in [5.74, 6) is -0.309. The van der Waals surface area contributed by atoms with Crippen LogP contribution in [0.5, 0.6) is 0 Å². The molecule has 1 aliphatic rings. The van der Waals surface area contributed by atoms with E-state index in [9.17, 15) is 14.9 Å². The molecule has 0 radical (unpaired) electrons. The average molecular weight is 446 g/mol. The highest BCUT2D eigenvalue weighted by atomic mass is 16.6. The summed E-state index contributed by atoms with van der Waals surface area (Å²) in [6, 6.07) is 22.4. The number of ether oxygens (including phenoxy) is 1. The number of benzene rings is 3. The molecule has 1 amide bonds. The van der Waals surface area contributed by atoms with Crippen LogP contribution in [0.15, 0.2) is 72.8 Å². The Morgan fingerprint density at radius 3 is 2.21 bits per heavy atom. The number of nitro groups is 1. The van der Waals surface area contributed by atoms with Gasteiger partial charge in [-0.2, -0.15) is 0 Å². The normalized spacial score (nSPS) is 13.2. The summed E-state index contributed by atoms with van der Waals surface area (Å²) < 4.78 is 5.76. The standard InChI is InChI=1S/C26H27N3O4/c30-26(24-16-23(29(31)32)12-13-25(24)28-14-4-5-15-28)27-17-20-8-10-22(11-9-20)19-33-18-21-6-2-1-3-7-21/h1-3,6-13,16H,4-5,14-15,17-19H2,(H,27,30). The van der Waals surface area contributed by atoms with Crippen LogP contribution in [0.2, 0.25) is 0 Å². The third kappa shape index (κ3) is 5.96. The molecular weight excluding hydrogens is 418 g/mol. The van der Waals surface area contributed by atoms with Crippen molar-refractivity contribution in [2.45, 2.75) is 32.6 Å². The van der Waals surface area contributed by atoms with Crippen molar-refractivity contribution < 1.29 is 14.5 Å². The second-order valence-electron chi connectivity index (χ2n) is 8.13. The Kier molecular flexibility index (Phi) is 7.32. The van der Waals surface area contributed by atoms with Crippen LogP contribution in [-0.2, 0) is 24.5 Å². The van der Waals surface area contributed by atoms with Crippen LogP contribution in [0.1, 0.15) is 39.9 Å². The number of rotatable bonds is 9. The van der Waals surface area contributed by atoms with Gasteiger partial charge in [-0.25, -0.2) is 0 Å². The topological polar surface area (TPSA) is 84.7 Å². The van der Waals surface area contributed by atoms with Crippen molar-refractivity contribution in [1.29, 1.82) is 0 Å². The number of nitro benzene ring substituents is 1. The van der Waals surface area contributed by atoms with Gasteiger partial charge in [0.25, 0.3) is 11.6 Å². The van der Waals surface area contributed by atoms with Crippen molar-refractivity contribution >= 4 is 17.3 Å².